The molecule has 0 aliphatic rings. The highest BCUT2D eigenvalue weighted by molar-refractivity contribution is 6.33. The van der Waals surface area contributed by atoms with Crippen molar-refractivity contribution in [2.45, 2.75) is 26.1 Å². The van der Waals surface area contributed by atoms with Gasteiger partial charge in [0.15, 0.2) is 0 Å². The van der Waals surface area contributed by atoms with Crippen LogP contribution in [0.2, 0.25) is 5.02 Å². The highest BCUT2D eigenvalue weighted by atomic mass is 35.5. The maximum absolute atomic E-state index is 9.76. The van der Waals surface area contributed by atoms with E-state index in [2.05, 4.69) is 0 Å². The third-order valence-corrected chi connectivity index (χ3v) is 2.55. The number of likely N-dealkylation sites (N-methyl/N-ethyl adjacent to an activating group) is 1. The molecule has 3 nitrogen and oxygen atoms in total. The number of aliphatic hydroxyl groups is 2. The van der Waals surface area contributed by atoms with Gasteiger partial charge in [0.2, 0.25) is 0 Å². The molecular formula is C12H18ClNO2. The minimum Gasteiger partial charge on any atom is -0.392 e. The Bertz CT molecular complexity index is 361. The first-order valence-electron chi connectivity index (χ1n) is 5.17. The van der Waals surface area contributed by atoms with Crippen molar-refractivity contribution in [3.63, 3.8) is 0 Å². The van der Waals surface area contributed by atoms with Crippen LogP contribution in [0.25, 0.3) is 0 Å². The minimum absolute atomic E-state index is 0.0634. The number of hydrogen-bond donors (Lipinski definition) is 2. The van der Waals surface area contributed by atoms with Crippen molar-refractivity contribution in [2.75, 3.05) is 18.5 Å². The molecule has 1 rings (SSSR count). The van der Waals surface area contributed by atoms with Crippen LogP contribution in [0.1, 0.15) is 19.4 Å². The van der Waals surface area contributed by atoms with Gasteiger partial charge in [-0.1, -0.05) is 23.7 Å². The van der Waals surface area contributed by atoms with Gasteiger partial charge in [0.05, 0.1) is 22.9 Å². The zero-order valence-corrected chi connectivity index (χ0v) is 10.6. The quantitative estimate of drug-likeness (QED) is 0.851. The average Bonchev–Trinajstić information content (AvgIpc) is 2.14. The van der Waals surface area contributed by atoms with Crippen LogP contribution in [0, 0.1) is 0 Å². The fourth-order valence-electron chi connectivity index (χ4n) is 1.77. The SMILES string of the molecule is CN(CC(C)(C)O)c1c(Cl)cccc1CO. The third kappa shape index (κ3) is 3.37. The van der Waals surface area contributed by atoms with Gasteiger partial charge < -0.3 is 15.1 Å². The average molecular weight is 244 g/mol. The lowest BCUT2D eigenvalue weighted by atomic mass is 10.1. The van der Waals surface area contributed by atoms with Crippen LogP contribution in [-0.2, 0) is 6.61 Å². The molecule has 0 saturated carbocycles. The summed E-state index contributed by atoms with van der Waals surface area (Å²) in [4.78, 5) is 1.86. The zero-order chi connectivity index (χ0) is 12.3. The van der Waals surface area contributed by atoms with Gasteiger partial charge in [0.1, 0.15) is 0 Å². The van der Waals surface area contributed by atoms with Crippen molar-refractivity contribution < 1.29 is 10.2 Å². The van der Waals surface area contributed by atoms with Crippen molar-refractivity contribution in [2.24, 2.45) is 0 Å². The summed E-state index contributed by atoms with van der Waals surface area (Å²) in [6.45, 7) is 3.85. The van der Waals surface area contributed by atoms with Crippen LogP contribution in [0.5, 0.6) is 0 Å². The first-order valence-corrected chi connectivity index (χ1v) is 5.54. The van der Waals surface area contributed by atoms with Crippen molar-refractivity contribution in [1.82, 2.24) is 0 Å². The molecule has 0 spiro atoms. The smallest absolute Gasteiger partial charge is 0.0765 e. The molecule has 1 aromatic rings. The lowest BCUT2D eigenvalue weighted by Crippen LogP contribution is -2.36. The highest BCUT2D eigenvalue weighted by Crippen LogP contribution is 2.29. The molecule has 0 heterocycles. The molecule has 0 aliphatic heterocycles. The molecule has 0 radical (unpaired) electrons. The molecule has 0 fully saturated rings. The van der Waals surface area contributed by atoms with Crippen molar-refractivity contribution in [1.29, 1.82) is 0 Å². The Morgan fingerprint density at radius 1 is 1.38 bits per heavy atom. The van der Waals surface area contributed by atoms with Gasteiger partial charge in [-0.2, -0.15) is 0 Å². The monoisotopic (exact) mass is 243 g/mol. The van der Waals surface area contributed by atoms with Crippen molar-refractivity contribution >= 4 is 17.3 Å². The van der Waals surface area contributed by atoms with Gasteiger partial charge in [-0.25, -0.2) is 0 Å². The lowest BCUT2D eigenvalue weighted by Gasteiger charge is -2.29. The second-order valence-electron chi connectivity index (χ2n) is 4.57. The van der Waals surface area contributed by atoms with Gasteiger partial charge in [0, 0.05) is 19.2 Å². The molecular weight excluding hydrogens is 226 g/mol. The molecule has 0 bridgehead atoms. The van der Waals surface area contributed by atoms with E-state index in [0.717, 1.165) is 11.3 Å². The number of rotatable bonds is 4. The number of aliphatic hydroxyl groups excluding tert-OH is 1. The summed E-state index contributed by atoms with van der Waals surface area (Å²) in [7, 11) is 1.85. The van der Waals surface area contributed by atoms with E-state index in [1.165, 1.54) is 0 Å². The molecule has 0 amide bonds. The fraction of sp³-hybridized carbons (Fsp3) is 0.500. The Labute approximate surface area is 101 Å². The molecule has 90 valence electrons. The van der Waals surface area contributed by atoms with E-state index in [1.54, 1.807) is 26.0 Å². The van der Waals surface area contributed by atoms with Crippen molar-refractivity contribution in [3.8, 4) is 0 Å². The summed E-state index contributed by atoms with van der Waals surface area (Å²) in [5, 5.41) is 19.6. The van der Waals surface area contributed by atoms with Crippen LogP contribution in [0.4, 0.5) is 5.69 Å². The minimum atomic E-state index is -0.805. The molecule has 0 atom stereocenters. The molecule has 0 aliphatic carbocycles. The van der Waals surface area contributed by atoms with Gasteiger partial charge in [-0.3, -0.25) is 0 Å². The predicted octanol–water partition coefficient (Wildman–Crippen LogP) is 2.04. The highest BCUT2D eigenvalue weighted by Gasteiger charge is 2.19. The van der Waals surface area contributed by atoms with Gasteiger partial charge in [-0.05, 0) is 19.9 Å². The first-order chi connectivity index (χ1) is 7.35. The maximum atomic E-state index is 9.76. The normalized spacial score (nSPS) is 11.6. The summed E-state index contributed by atoms with van der Waals surface area (Å²) >= 11 is 6.10. The molecule has 16 heavy (non-hydrogen) atoms. The largest absolute Gasteiger partial charge is 0.392 e. The fourth-order valence-corrected chi connectivity index (χ4v) is 2.11. The Morgan fingerprint density at radius 2 is 2.00 bits per heavy atom. The second-order valence-corrected chi connectivity index (χ2v) is 4.98. The van der Waals surface area contributed by atoms with Gasteiger partial charge in [0.25, 0.3) is 0 Å². The van der Waals surface area contributed by atoms with Crippen LogP contribution < -0.4 is 4.90 Å². The number of hydrogen-bond acceptors (Lipinski definition) is 3. The number of para-hydroxylation sites is 1. The summed E-state index contributed by atoms with van der Waals surface area (Å²) in [5.41, 5.74) is 0.730. The molecule has 2 N–H and O–H groups in total. The predicted molar refractivity (Wildman–Crippen MR) is 66.9 cm³/mol. The molecule has 1 aromatic carbocycles. The topological polar surface area (TPSA) is 43.7 Å². The third-order valence-electron chi connectivity index (χ3n) is 2.25. The van der Waals surface area contributed by atoms with Crippen LogP contribution in [0.15, 0.2) is 18.2 Å². The number of benzene rings is 1. The van der Waals surface area contributed by atoms with Crippen molar-refractivity contribution in [3.05, 3.63) is 28.8 Å². The van der Waals surface area contributed by atoms with E-state index in [1.807, 2.05) is 18.0 Å². The van der Waals surface area contributed by atoms with E-state index in [0.29, 0.717) is 11.6 Å². The molecule has 0 unspecified atom stereocenters. The Balaban J connectivity index is 3.02. The van der Waals surface area contributed by atoms with Crippen LogP contribution in [0.3, 0.4) is 0 Å². The van der Waals surface area contributed by atoms with Crippen LogP contribution >= 0.6 is 11.6 Å². The molecule has 0 saturated heterocycles. The number of anilines is 1. The number of nitrogens with zero attached hydrogens (tertiary/aromatic N) is 1. The summed E-state index contributed by atoms with van der Waals surface area (Å²) < 4.78 is 0. The number of halogens is 1. The Morgan fingerprint density at radius 3 is 2.50 bits per heavy atom. The molecule has 0 aromatic heterocycles. The van der Waals surface area contributed by atoms with E-state index in [4.69, 9.17) is 11.6 Å². The Hall–Kier alpha value is -0.770. The summed E-state index contributed by atoms with van der Waals surface area (Å²) in [6.07, 6.45) is 0. The summed E-state index contributed by atoms with van der Waals surface area (Å²) in [5.74, 6) is 0. The van der Waals surface area contributed by atoms with Gasteiger partial charge >= 0.3 is 0 Å². The van der Waals surface area contributed by atoms with E-state index >= 15 is 0 Å². The second kappa shape index (κ2) is 5.04. The maximum Gasteiger partial charge on any atom is 0.0765 e. The van der Waals surface area contributed by atoms with E-state index in [9.17, 15) is 10.2 Å². The summed E-state index contributed by atoms with van der Waals surface area (Å²) in [6, 6.07) is 5.40. The zero-order valence-electron chi connectivity index (χ0n) is 9.87. The Kier molecular flexibility index (Phi) is 4.19. The lowest BCUT2D eigenvalue weighted by molar-refractivity contribution is 0.0885. The van der Waals surface area contributed by atoms with E-state index < -0.39 is 5.60 Å². The van der Waals surface area contributed by atoms with Gasteiger partial charge in [-0.15, -0.1) is 0 Å². The standard InChI is InChI=1S/C12H18ClNO2/c1-12(2,16)8-14(3)11-9(7-15)5-4-6-10(11)13/h4-6,15-16H,7-8H2,1-3H3. The molecule has 4 heteroatoms. The van der Waals surface area contributed by atoms with E-state index in [-0.39, 0.29) is 6.61 Å². The first kappa shape index (κ1) is 13.3. The van der Waals surface area contributed by atoms with Crippen LogP contribution in [-0.4, -0.2) is 29.4 Å².